The van der Waals surface area contributed by atoms with E-state index in [9.17, 15) is 0 Å². The predicted molar refractivity (Wildman–Crippen MR) is 118 cm³/mol. The fourth-order valence-electron chi connectivity index (χ4n) is 4.26. The molecule has 0 saturated heterocycles. The van der Waals surface area contributed by atoms with Gasteiger partial charge in [-0.1, -0.05) is 13.8 Å². The third kappa shape index (κ3) is 3.93. The van der Waals surface area contributed by atoms with Crippen LogP contribution in [-0.4, -0.2) is 41.8 Å². The number of nitrogens with zero attached hydrogens (tertiary/aromatic N) is 3. The largest absolute Gasteiger partial charge is 0.497 e. The van der Waals surface area contributed by atoms with Crippen molar-refractivity contribution >= 4 is 5.71 Å². The molecule has 0 atom stereocenters. The summed E-state index contributed by atoms with van der Waals surface area (Å²) in [7, 11) is 3.34. The third-order valence-electron chi connectivity index (χ3n) is 5.95. The molecule has 0 spiro atoms. The van der Waals surface area contributed by atoms with Gasteiger partial charge in [0.1, 0.15) is 23.0 Å². The maximum Gasteiger partial charge on any atom is 0.227 e. The highest BCUT2D eigenvalue weighted by Crippen LogP contribution is 2.38. The van der Waals surface area contributed by atoms with Crippen LogP contribution in [-0.2, 0) is 13.0 Å². The molecule has 2 heterocycles. The zero-order valence-corrected chi connectivity index (χ0v) is 18.8. The number of hydrogen-bond donors (Lipinski definition) is 0. The van der Waals surface area contributed by atoms with E-state index < -0.39 is 0 Å². The Morgan fingerprint density at radius 1 is 1.20 bits per heavy atom. The lowest BCUT2D eigenvalue weighted by Crippen LogP contribution is -2.26. The van der Waals surface area contributed by atoms with E-state index in [2.05, 4.69) is 18.7 Å². The minimum Gasteiger partial charge on any atom is -0.497 e. The number of benzene rings is 1. The molecule has 0 bridgehead atoms. The Hall–Kier alpha value is -2.47. The van der Waals surface area contributed by atoms with Crippen molar-refractivity contribution in [2.24, 2.45) is 5.92 Å². The summed E-state index contributed by atoms with van der Waals surface area (Å²) in [4.78, 5) is 2.57. The van der Waals surface area contributed by atoms with Crippen LogP contribution in [0.25, 0.3) is 17.0 Å². The molecule has 162 valence electrons. The molecule has 0 aliphatic heterocycles. The number of fused-ring (bicyclic) bond motifs is 1. The van der Waals surface area contributed by atoms with Gasteiger partial charge in [-0.3, -0.25) is 4.90 Å². The van der Waals surface area contributed by atoms with E-state index in [1.54, 1.807) is 14.2 Å². The molecule has 0 N–H and O–H groups in total. The lowest BCUT2D eigenvalue weighted by molar-refractivity contribution is 0.254. The van der Waals surface area contributed by atoms with Crippen molar-refractivity contribution in [3.8, 4) is 22.8 Å². The second-order valence-corrected chi connectivity index (χ2v) is 8.25. The van der Waals surface area contributed by atoms with Gasteiger partial charge in [0.25, 0.3) is 0 Å². The zero-order chi connectivity index (χ0) is 21.3. The number of ether oxygens (including phenoxy) is 2. The van der Waals surface area contributed by atoms with Crippen LogP contribution in [0.2, 0.25) is 0 Å². The molecule has 1 saturated carbocycles. The van der Waals surface area contributed by atoms with E-state index >= 15 is 0 Å². The number of oxazole rings is 1. The number of rotatable bonds is 10. The van der Waals surface area contributed by atoms with Crippen LogP contribution in [0, 0.1) is 12.8 Å². The van der Waals surface area contributed by atoms with E-state index in [1.165, 1.54) is 24.9 Å². The monoisotopic (exact) mass is 411 g/mol. The van der Waals surface area contributed by atoms with Crippen LogP contribution in [0.1, 0.15) is 50.1 Å². The first-order valence-corrected chi connectivity index (χ1v) is 11.0. The van der Waals surface area contributed by atoms with Gasteiger partial charge in [0, 0.05) is 24.7 Å². The highest BCUT2D eigenvalue weighted by molar-refractivity contribution is 5.73. The average Bonchev–Trinajstić information content (AvgIpc) is 3.43. The van der Waals surface area contributed by atoms with Gasteiger partial charge in [-0.25, -0.2) is 0 Å². The van der Waals surface area contributed by atoms with Gasteiger partial charge in [-0.05, 0) is 57.2 Å². The molecule has 3 aromatic rings. The summed E-state index contributed by atoms with van der Waals surface area (Å²) in [6.07, 6.45) is 4.77. The number of aryl methyl sites for hydroxylation is 2. The van der Waals surface area contributed by atoms with Gasteiger partial charge in [0.05, 0.1) is 25.5 Å². The van der Waals surface area contributed by atoms with Crippen LogP contribution in [0.5, 0.6) is 11.5 Å². The van der Waals surface area contributed by atoms with Crippen molar-refractivity contribution in [3.05, 3.63) is 35.2 Å². The maximum atomic E-state index is 6.31. The Bertz CT molecular complexity index is 1020. The van der Waals surface area contributed by atoms with Crippen molar-refractivity contribution in [3.63, 3.8) is 0 Å². The Morgan fingerprint density at radius 3 is 2.63 bits per heavy atom. The van der Waals surface area contributed by atoms with Gasteiger partial charge in [0.2, 0.25) is 5.71 Å². The van der Waals surface area contributed by atoms with Crippen LogP contribution >= 0.6 is 0 Å². The molecule has 6 nitrogen and oxygen atoms in total. The predicted octanol–water partition coefficient (Wildman–Crippen LogP) is 5.10. The van der Waals surface area contributed by atoms with Crippen molar-refractivity contribution in [1.29, 1.82) is 0 Å². The maximum absolute atomic E-state index is 6.31. The summed E-state index contributed by atoms with van der Waals surface area (Å²) in [6.45, 7) is 9.58. The molecule has 1 aliphatic carbocycles. The van der Waals surface area contributed by atoms with Crippen LogP contribution in [0.4, 0.5) is 0 Å². The summed E-state index contributed by atoms with van der Waals surface area (Å²) >= 11 is 0. The Labute approximate surface area is 178 Å². The van der Waals surface area contributed by atoms with Crippen LogP contribution in [0.3, 0.4) is 0 Å². The lowest BCUT2D eigenvalue weighted by atomic mass is 10.1. The lowest BCUT2D eigenvalue weighted by Gasteiger charge is -2.21. The van der Waals surface area contributed by atoms with Crippen molar-refractivity contribution in [1.82, 2.24) is 14.5 Å². The molecule has 30 heavy (non-hydrogen) atoms. The molecule has 6 heteroatoms. The quantitative estimate of drug-likeness (QED) is 0.464. The smallest absolute Gasteiger partial charge is 0.227 e. The molecule has 1 fully saturated rings. The molecular weight excluding hydrogens is 378 g/mol. The molecule has 4 rings (SSSR count). The summed E-state index contributed by atoms with van der Waals surface area (Å²) in [5.74, 6) is 3.22. The fourth-order valence-corrected chi connectivity index (χ4v) is 4.26. The van der Waals surface area contributed by atoms with Gasteiger partial charge >= 0.3 is 0 Å². The summed E-state index contributed by atoms with van der Waals surface area (Å²) in [5, 5.41) is 4.96. The number of aromatic nitrogens is 2. The van der Waals surface area contributed by atoms with Gasteiger partial charge in [-0.15, -0.1) is 0 Å². The molecule has 0 unspecified atom stereocenters. The van der Waals surface area contributed by atoms with Crippen LogP contribution in [0.15, 0.2) is 22.6 Å². The van der Waals surface area contributed by atoms with Crippen LogP contribution < -0.4 is 9.47 Å². The first-order chi connectivity index (χ1) is 14.6. The topological polar surface area (TPSA) is 52.1 Å². The average molecular weight is 412 g/mol. The molecule has 1 aliphatic rings. The molecular formula is C24H33N3O3. The zero-order valence-electron chi connectivity index (χ0n) is 18.8. The van der Waals surface area contributed by atoms with Crippen molar-refractivity contribution in [2.75, 3.05) is 27.3 Å². The highest BCUT2D eigenvalue weighted by Gasteiger charge is 2.27. The third-order valence-corrected chi connectivity index (χ3v) is 5.95. The Balaban J connectivity index is 1.78. The normalized spacial score (nSPS) is 14.1. The van der Waals surface area contributed by atoms with E-state index in [4.69, 9.17) is 19.0 Å². The molecule has 0 amide bonds. The number of methoxy groups -OCH3 is 2. The minimum absolute atomic E-state index is 0.747. The molecule has 2 aromatic heterocycles. The van der Waals surface area contributed by atoms with Gasteiger partial charge in [0.15, 0.2) is 0 Å². The van der Waals surface area contributed by atoms with Crippen molar-refractivity contribution in [2.45, 2.75) is 53.0 Å². The van der Waals surface area contributed by atoms with E-state index in [0.717, 1.165) is 71.8 Å². The minimum atomic E-state index is 0.747. The van der Waals surface area contributed by atoms with E-state index in [0.29, 0.717) is 0 Å². The first kappa shape index (κ1) is 20.8. The van der Waals surface area contributed by atoms with Crippen molar-refractivity contribution < 1.29 is 13.9 Å². The van der Waals surface area contributed by atoms with E-state index in [1.807, 2.05) is 29.6 Å². The standard InChI is InChI=1S/C24H33N3O3/c1-6-12-26(14-17-8-9-17)15-20-21(7-2)25-27-23(16(3)30-24(20)27)19-11-10-18(28-4)13-22(19)29-5/h10-11,13,17H,6-9,12,14-15H2,1-5H3. The molecule has 0 radical (unpaired) electrons. The second kappa shape index (κ2) is 8.72. The van der Waals surface area contributed by atoms with Gasteiger partial charge in [-0.2, -0.15) is 9.61 Å². The second-order valence-electron chi connectivity index (χ2n) is 8.25. The fraction of sp³-hybridized carbons (Fsp3) is 0.542. The Morgan fingerprint density at radius 2 is 2.00 bits per heavy atom. The SMILES string of the molecule is CCCN(Cc1c(CC)nn2c(-c3ccc(OC)cc3OC)c(C)oc12)CC1CC1. The summed E-state index contributed by atoms with van der Waals surface area (Å²) < 4.78 is 19.3. The molecule has 1 aromatic carbocycles. The van der Waals surface area contributed by atoms with E-state index in [-0.39, 0.29) is 0 Å². The first-order valence-electron chi connectivity index (χ1n) is 11.0. The summed E-state index contributed by atoms with van der Waals surface area (Å²) in [6, 6.07) is 5.86. The highest BCUT2D eigenvalue weighted by atomic mass is 16.5. The Kier molecular flexibility index (Phi) is 6.04. The number of hydrogen-bond acceptors (Lipinski definition) is 5. The summed E-state index contributed by atoms with van der Waals surface area (Å²) in [5.41, 5.74) is 5.08. The van der Waals surface area contributed by atoms with Gasteiger partial charge < -0.3 is 13.9 Å².